The minimum Gasteiger partial charge on any atom is -0.476 e. The number of nitrogens with one attached hydrogen (secondary N) is 1. The molecule has 1 aromatic carbocycles. The van der Waals surface area contributed by atoms with E-state index in [1.165, 1.54) is 0 Å². The standard InChI is InChI=1S/C22H22N8O3/c1-29-12-25-17-15(10-24-11-16(17)29)18-20(23)28-21(19(27-18)22(31)32)26-13-2-4-14(5-3-13)30-6-8-33-9-7-30/h2-5,10-12H,6-9H2,1H3,(H,31,32)(H3,23,26,28). The number of hydrogen-bond donors (Lipinski definition) is 3. The number of imidazole rings is 1. The number of carboxylic acids is 1. The number of anilines is 4. The summed E-state index contributed by atoms with van der Waals surface area (Å²) in [5.74, 6) is -1.09. The third kappa shape index (κ3) is 3.89. The Balaban J connectivity index is 1.48. The fraction of sp³-hybridized carbons (Fsp3) is 0.227. The van der Waals surface area contributed by atoms with Crippen molar-refractivity contribution in [1.82, 2.24) is 24.5 Å². The summed E-state index contributed by atoms with van der Waals surface area (Å²) in [4.78, 5) is 31.5. The van der Waals surface area contributed by atoms with Crippen LogP contribution in [0.3, 0.4) is 0 Å². The Morgan fingerprint density at radius 3 is 2.64 bits per heavy atom. The normalized spacial score (nSPS) is 13.9. The molecule has 4 N–H and O–H groups in total. The van der Waals surface area contributed by atoms with Crippen LogP contribution in [0.1, 0.15) is 10.5 Å². The average molecular weight is 446 g/mol. The fourth-order valence-electron chi connectivity index (χ4n) is 3.81. The molecule has 168 valence electrons. The third-order valence-electron chi connectivity index (χ3n) is 5.52. The Morgan fingerprint density at radius 2 is 1.91 bits per heavy atom. The molecule has 0 radical (unpaired) electrons. The molecule has 5 rings (SSSR count). The molecular formula is C22H22N8O3. The Kier molecular flexibility index (Phi) is 5.23. The Hall–Kier alpha value is -4.25. The zero-order valence-corrected chi connectivity index (χ0v) is 17.9. The summed E-state index contributed by atoms with van der Waals surface area (Å²) in [5.41, 5.74) is 9.82. The maximum absolute atomic E-state index is 12.0. The highest BCUT2D eigenvalue weighted by atomic mass is 16.5. The molecule has 11 nitrogen and oxygen atoms in total. The average Bonchev–Trinajstić information content (AvgIpc) is 3.21. The van der Waals surface area contributed by atoms with Crippen molar-refractivity contribution in [1.29, 1.82) is 0 Å². The Labute approximate surface area is 188 Å². The third-order valence-corrected chi connectivity index (χ3v) is 5.52. The summed E-state index contributed by atoms with van der Waals surface area (Å²) in [6, 6.07) is 7.65. The second-order valence-corrected chi connectivity index (χ2v) is 7.64. The van der Waals surface area contributed by atoms with Crippen molar-refractivity contribution in [2.24, 2.45) is 7.05 Å². The molecule has 0 spiro atoms. The molecule has 4 heterocycles. The van der Waals surface area contributed by atoms with Gasteiger partial charge in [-0.15, -0.1) is 0 Å². The predicted molar refractivity (Wildman–Crippen MR) is 124 cm³/mol. The molecule has 1 fully saturated rings. The first-order valence-electron chi connectivity index (χ1n) is 10.4. The first-order chi connectivity index (χ1) is 16.0. The minimum atomic E-state index is -1.22. The molecule has 0 atom stereocenters. The van der Waals surface area contributed by atoms with Crippen LogP contribution >= 0.6 is 0 Å². The van der Waals surface area contributed by atoms with E-state index in [0.29, 0.717) is 30.0 Å². The van der Waals surface area contributed by atoms with Crippen molar-refractivity contribution in [2.75, 3.05) is 42.3 Å². The van der Waals surface area contributed by atoms with E-state index < -0.39 is 5.97 Å². The van der Waals surface area contributed by atoms with E-state index in [1.54, 1.807) is 18.7 Å². The maximum atomic E-state index is 12.0. The van der Waals surface area contributed by atoms with Gasteiger partial charge >= 0.3 is 5.97 Å². The van der Waals surface area contributed by atoms with Gasteiger partial charge in [0.1, 0.15) is 11.2 Å². The molecule has 0 aliphatic carbocycles. The first kappa shape index (κ1) is 20.6. The van der Waals surface area contributed by atoms with Gasteiger partial charge in [-0.2, -0.15) is 0 Å². The van der Waals surface area contributed by atoms with Gasteiger partial charge in [-0.25, -0.2) is 19.7 Å². The largest absolute Gasteiger partial charge is 0.476 e. The van der Waals surface area contributed by atoms with Crippen molar-refractivity contribution in [3.63, 3.8) is 0 Å². The van der Waals surface area contributed by atoms with Crippen molar-refractivity contribution < 1.29 is 14.6 Å². The highest BCUT2D eigenvalue weighted by molar-refractivity contribution is 5.97. The van der Waals surface area contributed by atoms with Crippen LogP contribution in [0.25, 0.3) is 22.3 Å². The van der Waals surface area contributed by atoms with Crippen LogP contribution in [-0.4, -0.2) is 61.9 Å². The van der Waals surface area contributed by atoms with Gasteiger partial charge in [0.2, 0.25) is 0 Å². The van der Waals surface area contributed by atoms with E-state index in [2.05, 4.69) is 30.2 Å². The van der Waals surface area contributed by atoms with Gasteiger partial charge in [0, 0.05) is 37.7 Å². The number of aromatic carboxylic acids is 1. The van der Waals surface area contributed by atoms with Gasteiger partial charge in [-0.3, -0.25) is 4.98 Å². The van der Waals surface area contributed by atoms with E-state index in [0.717, 1.165) is 24.3 Å². The molecule has 0 bridgehead atoms. The van der Waals surface area contributed by atoms with Crippen LogP contribution < -0.4 is 16.0 Å². The zero-order chi connectivity index (χ0) is 22.9. The van der Waals surface area contributed by atoms with Crippen LogP contribution in [0.2, 0.25) is 0 Å². The lowest BCUT2D eigenvalue weighted by atomic mass is 10.1. The lowest BCUT2D eigenvalue weighted by molar-refractivity contribution is 0.0691. The number of nitrogens with two attached hydrogens (primary N) is 1. The summed E-state index contributed by atoms with van der Waals surface area (Å²) >= 11 is 0. The van der Waals surface area contributed by atoms with Crippen molar-refractivity contribution >= 4 is 40.0 Å². The lowest BCUT2D eigenvalue weighted by Crippen LogP contribution is -2.36. The van der Waals surface area contributed by atoms with Crippen LogP contribution in [0.5, 0.6) is 0 Å². The summed E-state index contributed by atoms with van der Waals surface area (Å²) < 4.78 is 7.20. The quantitative estimate of drug-likeness (QED) is 0.417. The lowest BCUT2D eigenvalue weighted by Gasteiger charge is -2.28. The van der Waals surface area contributed by atoms with Crippen LogP contribution in [0.15, 0.2) is 43.0 Å². The Morgan fingerprint density at radius 1 is 1.15 bits per heavy atom. The van der Waals surface area contributed by atoms with Crippen molar-refractivity contribution in [3.8, 4) is 11.3 Å². The number of nitrogen functional groups attached to an aromatic ring is 1. The fourth-order valence-corrected chi connectivity index (χ4v) is 3.81. The van der Waals surface area contributed by atoms with E-state index in [9.17, 15) is 9.90 Å². The molecular weight excluding hydrogens is 424 g/mol. The maximum Gasteiger partial charge on any atom is 0.358 e. The van der Waals surface area contributed by atoms with Gasteiger partial charge in [-0.1, -0.05) is 0 Å². The number of carbonyl (C=O) groups is 1. The molecule has 3 aromatic heterocycles. The number of aromatic nitrogens is 5. The molecule has 4 aromatic rings. The van der Waals surface area contributed by atoms with Gasteiger partial charge in [0.05, 0.1) is 36.8 Å². The summed E-state index contributed by atoms with van der Waals surface area (Å²) in [5, 5.41) is 12.8. The molecule has 33 heavy (non-hydrogen) atoms. The molecule has 0 amide bonds. The van der Waals surface area contributed by atoms with Gasteiger partial charge < -0.3 is 30.4 Å². The van der Waals surface area contributed by atoms with Crippen molar-refractivity contribution in [2.45, 2.75) is 0 Å². The first-order valence-corrected chi connectivity index (χ1v) is 10.4. The number of pyridine rings is 1. The minimum absolute atomic E-state index is 0.0593. The number of ether oxygens (including phenoxy) is 1. The number of rotatable bonds is 5. The number of hydrogen-bond acceptors (Lipinski definition) is 9. The van der Waals surface area contributed by atoms with E-state index in [-0.39, 0.29) is 23.0 Å². The van der Waals surface area contributed by atoms with Crippen LogP contribution in [0, 0.1) is 0 Å². The SMILES string of the molecule is Cn1cnc2c(-c3nc(C(=O)O)c(Nc4ccc(N5CCOCC5)cc4)nc3N)cncc21. The Bertz CT molecular complexity index is 1330. The number of aryl methyl sites for hydroxylation is 1. The van der Waals surface area contributed by atoms with E-state index >= 15 is 0 Å². The van der Waals surface area contributed by atoms with Gasteiger partial charge in [0.15, 0.2) is 17.3 Å². The molecule has 1 aliphatic rings. The summed E-state index contributed by atoms with van der Waals surface area (Å²) in [6.07, 6.45) is 4.87. The second kappa shape index (κ2) is 8.36. The van der Waals surface area contributed by atoms with E-state index in [4.69, 9.17) is 10.5 Å². The summed E-state index contributed by atoms with van der Waals surface area (Å²) in [7, 11) is 1.84. The molecule has 1 aliphatic heterocycles. The number of carboxylic acid groups (broad SMARTS) is 1. The van der Waals surface area contributed by atoms with Gasteiger partial charge in [-0.05, 0) is 24.3 Å². The van der Waals surface area contributed by atoms with Gasteiger partial charge in [0.25, 0.3) is 0 Å². The van der Waals surface area contributed by atoms with Crippen molar-refractivity contribution in [3.05, 3.63) is 48.7 Å². The zero-order valence-electron chi connectivity index (χ0n) is 17.9. The highest BCUT2D eigenvalue weighted by Crippen LogP contribution is 2.31. The predicted octanol–water partition coefficient (Wildman–Crippen LogP) is 2.29. The number of fused-ring (bicyclic) bond motifs is 1. The van der Waals surface area contributed by atoms with E-state index in [1.807, 2.05) is 35.9 Å². The van der Waals surface area contributed by atoms with Crippen LogP contribution in [0.4, 0.5) is 23.0 Å². The van der Waals surface area contributed by atoms with Crippen LogP contribution in [-0.2, 0) is 11.8 Å². The molecule has 11 heteroatoms. The molecule has 0 unspecified atom stereocenters. The molecule has 0 saturated carbocycles. The summed E-state index contributed by atoms with van der Waals surface area (Å²) in [6.45, 7) is 3.06. The smallest absolute Gasteiger partial charge is 0.358 e. The number of benzene rings is 1. The number of nitrogens with zero attached hydrogens (tertiary/aromatic N) is 6. The topological polar surface area (TPSA) is 144 Å². The monoisotopic (exact) mass is 446 g/mol. The molecule has 1 saturated heterocycles. The second-order valence-electron chi connectivity index (χ2n) is 7.64. The highest BCUT2D eigenvalue weighted by Gasteiger charge is 2.21. The number of morpholine rings is 1.